The number of methoxy groups -OCH3 is 1. The van der Waals surface area contributed by atoms with Crippen LogP contribution in [0.5, 0.6) is 0 Å². The van der Waals surface area contributed by atoms with Gasteiger partial charge in [-0.3, -0.25) is 9.59 Å². The summed E-state index contributed by atoms with van der Waals surface area (Å²) >= 11 is 0. The van der Waals surface area contributed by atoms with Crippen LogP contribution < -0.4 is 0 Å². The number of ether oxygens (including phenoxy) is 2. The number of aromatic amines is 1. The Kier molecular flexibility index (Phi) is 9.38. The van der Waals surface area contributed by atoms with Gasteiger partial charge in [-0.1, -0.05) is 13.8 Å². The zero-order valence-corrected chi connectivity index (χ0v) is 18.2. The lowest BCUT2D eigenvalue weighted by atomic mass is 9.99. The van der Waals surface area contributed by atoms with Gasteiger partial charge in [-0.05, 0) is 45.6 Å². The van der Waals surface area contributed by atoms with Crippen LogP contribution in [0.3, 0.4) is 0 Å². The normalized spacial score (nSPS) is 12.1. The maximum absolute atomic E-state index is 13.2. The quantitative estimate of drug-likeness (QED) is 0.353. The molecule has 158 valence electrons. The van der Waals surface area contributed by atoms with Gasteiger partial charge in [0.15, 0.2) is 5.78 Å². The lowest BCUT2D eigenvalue weighted by molar-refractivity contribution is -0.133. The molecule has 1 aromatic rings. The Labute approximate surface area is 167 Å². The molecule has 0 saturated carbocycles. The predicted octanol–water partition coefficient (Wildman–Crippen LogP) is 3.29. The molecule has 0 bridgehead atoms. The number of hydrogen-bond acceptors (Lipinski definition) is 5. The van der Waals surface area contributed by atoms with E-state index in [0.717, 1.165) is 0 Å². The van der Waals surface area contributed by atoms with Gasteiger partial charge in [0.25, 0.3) is 0 Å². The average Bonchev–Trinajstić information content (AvgIpc) is 2.93. The molecule has 0 aliphatic heterocycles. The fraction of sp³-hybridized carbons (Fsp3) is 0.667. The number of nitrogens with zero attached hydrogens (tertiary/aromatic N) is 1. The van der Waals surface area contributed by atoms with Crippen LogP contribution in [0, 0.1) is 19.8 Å². The van der Waals surface area contributed by atoms with Gasteiger partial charge in [-0.15, -0.1) is 0 Å². The summed E-state index contributed by atoms with van der Waals surface area (Å²) in [5.74, 6) is -0.552. The van der Waals surface area contributed by atoms with Crippen LogP contribution in [0.4, 0.5) is 0 Å². The Morgan fingerprint density at radius 2 is 1.79 bits per heavy atom. The predicted molar refractivity (Wildman–Crippen MR) is 108 cm³/mol. The molecule has 7 nitrogen and oxygen atoms in total. The first-order valence-corrected chi connectivity index (χ1v) is 9.84. The first kappa shape index (κ1) is 23.9. The van der Waals surface area contributed by atoms with E-state index in [2.05, 4.69) is 4.98 Å². The Bertz CT molecular complexity index is 693. The molecule has 0 spiro atoms. The minimum Gasteiger partial charge on any atom is -0.464 e. The van der Waals surface area contributed by atoms with E-state index >= 15 is 0 Å². The molecule has 0 radical (unpaired) electrons. The van der Waals surface area contributed by atoms with E-state index in [9.17, 15) is 14.4 Å². The van der Waals surface area contributed by atoms with Gasteiger partial charge >= 0.3 is 5.97 Å². The highest BCUT2D eigenvalue weighted by Crippen LogP contribution is 2.22. The van der Waals surface area contributed by atoms with Gasteiger partial charge in [0.2, 0.25) is 5.91 Å². The van der Waals surface area contributed by atoms with Crippen LogP contribution in [0.2, 0.25) is 0 Å². The number of aromatic nitrogens is 1. The summed E-state index contributed by atoms with van der Waals surface area (Å²) in [7, 11) is 1.30. The zero-order chi connectivity index (χ0) is 21.4. The number of Topliss-reactive ketones (excluding diaryl/α,β-unsaturated/α-hetero) is 1. The highest BCUT2D eigenvalue weighted by molar-refractivity contribution is 6.06. The molecule has 0 aliphatic carbocycles. The summed E-state index contributed by atoms with van der Waals surface area (Å²) in [4.78, 5) is 42.5. The van der Waals surface area contributed by atoms with E-state index in [0.29, 0.717) is 49.4 Å². The monoisotopic (exact) mass is 394 g/mol. The van der Waals surface area contributed by atoms with Gasteiger partial charge in [-0.2, -0.15) is 0 Å². The van der Waals surface area contributed by atoms with Crippen molar-refractivity contribution >= 4 is 17.7 Å². The van der Waals surface area contributed by atoms with Crippen molar-refractivity contribution in [3.63, 3.8) is 0 Å². The Morgan fingerprint density at radius 3 is 2.32 bits per heavy atom. The van der Waals surface area contributed by atoms with E-state index in [1.807, 2.05) is 20.8 Å². The van der Waals surface area contributed by atoms with E-state index in [-0.39, 0.29) is 23.3 Å². The van der Waals surface area contributed by atoms with E-state index in [1.54, 1.807) is 25.7 Å². The summed E-state index contributed by atoms with van der Waals surface area (Å²) in [5, 5.41) is 0. The van der Waals surface area contributed by atoms with Gasteiger partial charge < -0.3 is 19.4 Å². The number of hydrogen-bond donors (Lipinski definition) is 1. The van der Waals surface area contributed by atoms with Crippen molar-refractivity contribution < 1.29 is 23.9 Å². The topological polar surface area (TPSA) is 88.7 Å². The number of nitrogens with one attached hydrogen (secondary N) is 1. The second kappa shape index (κ2) is 11.0. The molecule has 1 amide bonds. The highest BCUT2D eigenvalue weighted by Gasteiger charge is 2.31. The number of carbonyl (C=O) groups is 3. The second-order valence-corrected chi connectivity index (χ2v) is 7.39. The van der Waals surface area contributed by atoms with Crippen molar-refractivity contribution in [2.45, 2.75) is 60.4 Å². The summed E-state index contributed by atoms with van der Waals surface area (Å²) < 4.78 is 10.1. The lowest BCUT2D eigenvalue weighted by Crippen LogP contribution is -2.44. The van der Waals surface area contributed by atoms with Crippen LogP contribution in [0.25, 0.3) is 0 Å². The van der Waals surface area contributed by atoms with Crippen molar-refractivity contribution in [2.24, 2.45) is 5.92 Å². The summed E-state index contributed by atoms with van der Waals surface area (Å²) in [6.45, 7) is 12.7. The summed E-state index contributed by atoms with van der Waals surface area (Å²) in [5.41, 5.74) is 1.86. The van der Waals surface area contributed by atoms with Gasteiger partial charge in [0.1, 0.15) is 5.69 Å². The lowest BCUT2D eigenvalue weighted by Gasteiger charge is -2.29. The van der Waals surface area contributed by atoms with Crippen molar-refractivity contribution in [3.05, 3.63) is 22.5 Å². The van der Waals surface area contributed by atoms with Gasteiger partial charge in [0, 0.05) is 37.4 Å². The van der Waals surface area contributed by atoms with Crippen LogP contribution in [0.1, 0.15) is 72.6 Å². The molecule has 7 heteroatoms. The second-order valence-electron chi connectivity index (χ2n) is 7.39. The molecule has 0 fully saturated rings. The fourth-order valence-corrected chi connectivity index (χ4v) is 3.26. The molecule has 0 aliphatic rings. The molecular weight excluding hydrogens is 360 g/mol. The molecule has 1 rings (SSSR count). The zero-order valence-electron chi connectivity index (χ0n) is 18.2. The molecule has 0 aromatic carbocycles. The fourth-order valence-electron chi connectivity index (χ4n) is 3.26. The maximum Gasteiger partial charge on any atom is 0.354 e. The number of H-pyrrole nitrogens is 1. The number of esters is 1. The van der Waals surface area contributed by atoms with E-state index in [4.69, 9.17) is 9.47 Å². The van der Waals surface area contributed by atoms with Crippen molar-refractivity contribution in [3.8, 4) is 0 Å². The Balaban J connectivity index is 3.11. The molecule has 1 heterocycles. The number of amides is 1. The summed E-state index contributed by atoms with van der Waals surface area (Å²) in [6.07, 6.45) is 1.04. The van der Waals surface area contributed by atoms with Crippen LogP contribution in [-0.4, -0.2) is 60.5 Å². The van der Waals surface area contributed by atoms with Crippen LogP contribution in [-0.2, 0) is 14.3 Å². The Morgan fingerprint density at radius 1 is 1.14 bits per heavy atom. The third kappa shape index (κ3) is 5.92. The number of carbonyl (C=O) groups excluding carboxylic acids is 3. The summed E-state index contributed by atoms with van der Waals surface area (Å²) in [6, 6.07) is -0.633. The smallest absolute Gasteiger partial charge is 0.354 e. The minimum absolute atomic E-state index is 0.0496. The molecule has 0 saturated heterocycles. The molecule has 28 heavy (non-hydrogen) atoms. The number of aryl methyl sites for hydroxylation is 1. The highest BCUT2D eigenvalue weighted by atomic mass is 16.5. The third-order valence-corrected chi connectivity index (χ3v) is 4.72. The van der Waals surface area contributed by atoms with E-state index in [1.165, 1.54) is 7.11 Å². The minimum atomic E-state index is -0.633. The van der Waals surface area contributed by atoms with Crippen LogP contribution >= 0.6 is 0 Å². The van der Waals surface area contributed by atoms with Crippen molar-refractivity contribution in [1.82, 2.24) is 9.88 Å². The number of ketones is 1. The third-order valence-electron chi connectivity index (χ3n) is 4.72. The van der Waals surface area contributed by atoms with E-state index < -0.39 is 12.0 Å². The SMILES string of the molecule is CCOCCCN(C(=O)CC(C)C)[C@@H](C)C(=O)c1c(C)[nH]c(C(=O)OC)c1C. The molecular formula is C21H34N2O5. The van der Waals surface area contributed by atoms with Crippen LogP contribution in [0.15, 0.2) is 0 Å². The maximum atomic E-state index is 13.2. The largest absolute Gasteiger partial charge is 0.464 e. The van der Waals surface area contributed by atoms with Crippen molar-refractivity contribution in [1.29, 1.82) is 0 Å². The van der Waals surface area contributed by atoms with Gasteiger partial charge in [-0.25, -0.2) is 4.79 Å². The Hall–Kier alpha value is -2.15. The van der Waals surface area contributed by atoms with Crippen molar-refractivity contribution in [2.75, 3.05) is 26.9 Å². The molecule has 0 unspecified atom stereocenters. The molecule has 1 atom stereocenters. The standard InChI is InChI=1S/C21H34N2O5/c1-8-28-11-9-10-23(17(24)12-13(2)3)16(6)20(25)18-14(4)19(21(26)27-7)22-15(18)5/h13,16,22H,8-12H2,1-7H3/t16-/m0/s1. The average molecular weight is 395 g/mol. The number of rotatable bonds is 11. The first-order valence-electron chi connectivity index (χ1n) is 9.84. The first-order chi connectivity index (χ1) is 13.1. The molecule has 1 N–H and O–H groups in total. The molecule has 1 aromatic heterocycles. The van der Waals surface area contributed by atoms with Gasteiger partial charge in [0.05, 0.1) is 13.2 Å².